The summed E-state index contributed by atoms with van der Waals surface area (Å²) in [6, 6.07) is 6.19. The molecule has 0 aromatic heterocycles. The van der Waals surface area contributed by atoms with Gasteiger partial charge in [-0.3, -0.25) is 4.79 Å². The van der Waals surface area contributed by atoms with Crippen LogP contribution in [0.2, 0.25) is 0 Å². The standard InChI is InChI=1S/C16H24N2O2/c1-3-9-18-16(2,15(17)19)11-20-14-8-7-12-5-4-6-13(12)10-14/h7-8,10,18H,3-6,9,11H2,1-2H3,(H2,17,19). The first-order chi connectivity index (χ1) is 9.55. The number of rotatable bonds is 7. The Morgan fingerprint density at radius 1 is 1.40 bits per heavy atom. The zero-order valence-electron chi connectivity index (χ0n) is 12.4. The molecule has 1 unspecified atom stereocenters. The van der Waals surface area contributed by atoms with Crippen LogP contribution in [0.25, 0.3) is 0 Å². The second kappa shape index (κ2) is 6.27. The van der Waals surface area contributed by atoms with Gasteiger partial charge in [-0.15, -0.1) is 0 Å². The maximum absolute atomic E-state index is 11.6. The Hall–Kier alpha value is -1.55. The number of ether oxygens (including phenoxy) is 1. The molecule has 0 fully saturated rings. The van der Waals surface area contributed by atoms with Crippen molar-refractivity contribution in [2.24, 2.45) is 5.73 Å². The van der Waals surface area contributed by atoms with E-state index in [1.807, 2.05) is 6.07 Å². The van der Waals surface area contributed by atoms with Gasteiger partial charge in [0.2, 0.25) is 5.91 Å². The molecule has 20 heavy (non-hydrogen) atoms. The van der Waals surface area contributed by atoms with Crippen LogP contribution < -0.4 is 15.8 Å². The lowest BCUT2D eigenvalue weighted by molar-refractivity contribution is -0.125. The largest absolute Gasteiger partial charge is 0.491 e. The fraction of sp³-hybridized carbons (Fsp3) is 0.562. The molecule has 110 valence electrons. The molecule has 1 amide bonds. The Labute approximate surface area is 120 Å². The molecule has 3 N–H and O–H groups in total. The van der Waals surface area contributed by atoms with E-state index < -0.39 is 5.54 Å². The van der Waals surface area contributed by atoms with E-state index in [4.69, 9.17) is 10.5 Å². The zero-order valence-corrected chi connectivity index (χ0v) is 12.4. The highest BCUT2D eigenvalue weighted by molar-refractivity contribution is 5.84. The molecule has 1 aliphatic carbocycles. The van der Waals surface area contributed by atoms with E-state index in [9.17, 15) is 4.79 Å². The van der Waals surface area contributed by atoms with Crippen molar-refractivity contribution < 1.29 is 9.53 Å². The third-order valence-corrected chi connectivity index (χ3v) is 3.91. The SMILES string of the molecule is CCCNC(C)(COc1ccc2c(c1)CCC2)C(N)=O. The van der Waals surface area contributed by atoms with Crippen LogP contribution in [0.1, 0.15) is 37.8 Å². The van der Waals surface area contributed by atoms with Crippen LogP contribution in [-0.4, -0.2) is 24.6 Å². The number of aryl methyl sites for hydroxylation is 2. The molecule has 1 aromatic carbocycles. The van der Waals surface area contributed by atoms with Crippen molar-refractivity contribution in [3.63, 3.8) is 0 Å². The molecule has 1 aliphatic rings. The Balaban J connectivity index is 2.00. The van der Waals surface area contributed by atoms with Crippen LogP contribution in [0.5, 0.6) is 5.75 Å². The second-order valence-corrected chi connectivity index (χ2v) is 5.70. The van der Waals surface area contributed by atoms with Gasteiger partial charge in [0.1, 0.15) is 17.9 Å². The van der Waals surface area contributed by atoms with Gasteiger partial charge in [0.15, 0.2) is 0 Å². The van der Waals surface area contributed by atoms with E-state index in [2.05, 4.69) is 24.4 Å². The number of amides is 1. The highest BCUT2D eigenvalue weighted by Crippen LogP contribution is 2.26. The van der Waals surface area contributed by atoms with Gasteiger partial charge in [0, 0.05) is 0 Å². The summed E-state index contributed by atoms with van der Waals surface area (Å²) in [5.41, 5.74) is 7.44. The third-order valence-electron chi connectivity index (χ3n) is 3.91. The molecular weight excluding hydrogens is 252 g/mol. The summed E-state index contributed by atoms with van der Waals surface area (Å²) in [6.07, 6.45) is 4.44. The average Bonchev–Trinajstić information content (AvgIpc) is 2.90. The Morgan fingerprint density at radius 2 is 2.15 bits per heavy atom. The quantitative estimate of drug-likeness (QED) is 0.798. The van der Waals surface area contributed by atoms with Crippen LogP contribution >= 0.6 is 0 Å². The number of carbonyl (C=O) groups excluding carboxylic acids is 1. The first-order valence-electron chi connectivity index (χ1n) is 7.34. The molecule has 1 atom stereocenters. The van der Waals surface area contributed by atoms with Crippen LogP contribution in [-0.2, 0) is 17.6 Å². The molecule has 0 saturated carbocycles. The van der Waals surface area contributed by atoms with Gasteiger partial charge < -0.3 is 15.8 Å². The molecular formula is C16H24N2O2. The van der Waals surface area contributed by atoms with Gasteiger partial charge in [-0.25, -0.2) is 0 Å². The summed E-state index contributed by atoms with van der Waals surface area (Å²) in [5, 5.41) is 3.17. The van der Waals surface area contributed by atoms with Crippen molar-refractivity contribution in [3.8, 4) is 5.75 Å². The smallest absolute Gasteiger partial charge is 0.240 e. The highest BCUT2D eigenvalue weighted by atomic mass is 16.5. The lowest BCUT2D eigenvalue weighted by Gasteiger charge is -2.27. The number of benzene rings is 1. The normalized spacial score (nSPS) is 16.5. The number of nitrogens with one attached hydrogen (secondary N) is 1. The number of fused-ring (bicyclic) bond motifs is 1. The van der Waals surface area contributed by atoms with Crippen LogP contribution in [0.15, 0.2) is 18.2 Å². The Morgan fingerprint density at radius 3 is 2.85 bits per heavy atom. The summed E-state index contributed by atoms with van der Waals surface area (Å²) >= 11 is 0. The predicted octanol–water partition coefficient (Wildman–Crippen LogP) is 1.80. The second-order valence-electron chi connectivity index (χ2n) is 5.70. The van der Waals surface area contributed by atoms with Gasteiger partial charge in [-0.1, -0.05) is 13.0 Å². The van der Waals surface area contributed by atoms with Gasteiger partial charge >= 0.3 is 0 Å². The monoisotopic (exact) mass is 276 g/mol. The minimum Gasteiger partial charge on any atom is -0.491 e. The maximum Gasteiger partial charge on any atom is 0.240 e. The molecule has 0 spiro atoms. The van der Waals surface area contributed by atoms with Crippen molar-refractivity contribution in [2.75, 3.05) is 13.2 Å². The minimum atomic E-state index is -0.824. The molecule has 0 heterocycles. The first-order valence-corrected chi connectivity index (χ1v) is 7.34. The van der Waals surface area contributed by atoms with Gasteiger partial charge in [-0.05, 0) is 62.4 Å². The lowest BCUT2D eigenvalue weighted by Crippen LogP contribution is -2.57. The third kappa shape index (κ3) is 3.31. The summed E-state index contributed by atoms with van der Waals surface area (Å²) in [7, 11) is 0. The molecule has 4 heteroatoms. The van der Waals surface area contributed by atoms with E-state index >= 15 is 0 Å². The fourth-order valence-corrected chi connectivity index (χ4v) is 2.48. The first kappa shape index (κ1) is 14.9. The number of primary amides is 1. The number of carbonyl (C=O) groups is 1. The van der Waals surface area contributed by atoms with Crippen molar-refractivity contribution in [1.82, 2.24) is 5.32 Å². The van der Waals surface area contributed by atoms with E-state index in [1.165, 1.54) is 17.5 Å². The summed E-state index contributed by atoms with van der Waals surface area (Å²) < 4.78 is 5.79. The summed E-state index contributed by atoms with van der Waals surface area (Å²) in [6.45, 7) is 4.84. The molecule has 1 aromatic rings. The summed E-state index contributed by atoms with van der Waals surface area (Å²) in [4.78, 5) is 11.6. The molecule has 0 radical (unpaired) electrons. The highest BCUT2D eigenvalue weighted by Gasteiger charge is 2.31. The van der Waals surface area contributed by atoms with Gasteiger partial charge in [-0.2, -0.15) is 0 Å². The van der Waals surface area contributed by atoms with E-state index in [0.29, 0.717) is 0 Å². The average molecular weight is 276 g/mol. The number of nitrogens with two attached hydrogens (primary N) is 1. The predicted molar refractivity (Wildman–Crippen MR) is 79.9 cm³/mol. The van der Waals surface area contributed by atoms with E-state index in [0.717, 1.165) is 31.6 Å². The van der Waals surface area contributed by atoms with E-state index in [-0.39, 0.29) is 12.5 Å². The van der Waals surface area contributed by atoms with Crippen molar-refractivity contribution >= 4 is 5.91 Å². The van der Waals surface area contributed by atoms with Gasteiger partial charge in [0.25, 0.3) is 0 Å². The van der Waals surface area contributed by atoms with Crippen LogP contribution in [0, 0.1) is 0 Å². The Bertz CT molecular complexity index is 487. The number of hydrogen-bond acceptors (Lipinski definition) is 3. The Kier molecular flexibility index (Phi) is 4.65. The fourth-order valence-electron chi connectivity index (χ4n) is 2.48. The van der Waals surface area contributed by atoms with Crippen molar-refractivity contribution in [3.05, 3.63) is 29.3 Å². The molecule has 2 rings (SSSR count). The summed E-state index contributed by atoms with van der Waals surface area (Å²) in [5.74, 6) is 0.434. The zero-order chi connectivity index (χ0) is 14.6. The van der Waals surface area contributed by atoms with Crippen molar-refractivity contribution in [1.29, 1.82) is 0 Å². The van der Waals surface area contributed by atoms with Crippen LogP contribution in [0.3, 0.4) is 0 Å². The van der Waals surface area contributed by atoms with Crippen LogP contribution in [0.4, 0.5) is 0 Å². The molecule has 4 nitrogen and oxygen atoms in total. The molecule has 0 bridgehead atoms. The topological polar surface area (TPSA) is 64.3 Å². The molecule has 0 saturated heterocycles. The maximum atomic E-state index is 11.6. The van der Waals surface area contributed by atoms with Crippen molar-refractivity contribution in [2.45, 2.75) is 45.1 Å². The lowest BCUT2D eigenvalue weighted by atomic mass is 10.0. The minimum absolute atomic E-state index is 0.251. The number of hydrogen-bond donors (Lipinski definition) is 2. The van der Waals surface area contributed by atoms with Gasteiger partial charge in [0.05, 0.1) is 0 Å². The molecule has 0 aliphatic heterocycles. The van der Waals surface area contributed by atoms with E-state index in [1.54, 1.807) is 6.92 Å².